The molecule has 0 saturated heterocycles. The van der Waals surface area contributed by atoms with Gasteiger partial charge in [0.15, 0.2) is 0 Å². The van der Waals surface area contributed by atoms with Gasteiger partial charge in [0.2, 0.25) is 0 Å². The molecule has 4 nitrogen and oxygen atoms in total. The maximum Gasteiger partial charge on any atom is 0.404 e. The van der Waals surface area contributed by atoms with Crippen molar-refractivity contribution in [1.82, 2.24) is 5.32 Å². The van der Waals surface area contributed by atoms with Crippen LogP contribution in [0.1, 0.15) is 32.6 Å². The second-order valence-corrected chi connectivity index (χ2v) is 4.91. The highest BCUT2D eigenvalue weighted by atomic mass is 16.4. The molecule has 2 fully saturated rings. The maximum absolute atomic E-state index is 10.3. The quantitative estimate of drug-likeness (QED) is 0.569. The highest BCUT2D eigenvalue weighted by Crippen LogP contribution is 2.60. The topological polar surface area (TPSA) is 69.6 Å². The normalized spacial score (nSPS) is 48.0. The minimum Gasteiger partial charge on any atom is -0.465 e. The molecule has 0 aromatic rings. The van der Waals surface area contributed by atoms with Gasteiger partial charge in [-0.15, -0.1) is 0 Å². The number of carbonyl (C=O) groups is 1. The lowest BCUT2D eigenvalue weighted by atomic mass is 9.48. The summed E-state index contributed by atoms with van der Waals surface area (Å²) in [5, 5.41) is 20.5. The number of nitrogens with one attached hydrogen (secondary N) is 1. The van der Waals surface area contributed by atoms with Gasteiger partial charge in [-0.25, -0.2) is 4.79 Å². The molecule has 0 radical (unpaired) electrons. The van der Waals surface area contributed by atoms with Crippen LogP contribution in [0.4, 0.5) is 4.79 Å². The Hall–Kier alpha value is -0.770. The zero-order valence-electron chi connectivity index (χ0n) is 7.71. The Morgan fingerprint density at radius 1 is 1.46 bits per heavy atom. The minimum absolute atomic E-state index is 0.119. The zero-order chi connectivity index (χ0) is 9.69. The number of amides is 1. The Balaban J connectivity index is 1.77. The molecular formula is C9H15NO3. The maximum atomic E-state index is 10.3. The van der Waals surface area contributed by atoms with Gasteiger partial charge in [-0.2, -0.15) is 0 Å². The molecule has 4 heteroatoms. The fourth-order valence-electron chi connectivity index (χ4n) is 3.11. The third-order valence-electron chi connectivity index (χ3n) is 3.20. The van der Waals surface area contributed by atoms with Crippen molar-refractivity contribution >= 4 is 6.09 Å². The van der Waals surface area contributed by atoms with Crippen molar-refractivity contribution in [2.24, 2.45) is 5.41 Å². The molecule has 0 bridgehead atoms. The van der Waals surface area contributed by atoms with Crippen LogP contribution in [0.5, 0.6) is 0 Å². The Bertz CT molecular complexity index is 233. The highest BCUT2D eigenvalue weighted by Gasteiger charge is 2.57. The second kappa shape index (κ2) is 2.38. The van der Waals surface area contributed by atoms with E-state index >= 15 is 0 Å². The van der Waals surface area contributed by atoms with Crippen LogP contribution in [0.2, 0.25) is 0 Å². The lowest BCUT2D eigenvalue weighted by Crippen LogP contribution is -2.61. The van der Waals surface area contributed by atoms with E-state index in [-0.39, 0.29) is 11.5 Å². The van der Waals surface area contributed by atoms with Crippen molar-refractivity contribution in [2.45, 2.75) is 44.2 Å². The van der Waals surface area contributed by atoms with Gasteiger partial charge < -0.3 is 15.5 Å². The fourth-order valence-corrected chi connectivity index (χ4v) is 3.11. The van der Waals surface area contributed by atoms with Crippen molar-refractivity contribution in [3.8, 4) is 0 Å². The molecule has 2 rings (SSSR count). The molecule has 13 heavy (non-hydrogen) atoms. The first-order valence-corrected chi connectivity index (χ1v) is 4.63. The first-order valence-electron chi connectivity index (χ1n) is 4.63. The molecule has 2 saturated carbocycles. The van der Waals surface area contributed by atoms with Gasteiger partial charge in [0, 0.05) is 6.04 Å². The summed E-state index contributed by atoms with van der Waals surface area (Å²) in [6.07, 6.45) is 2.52. The minimum atomic E-state index is -0.939. The predicted octanol–water partition coefficient (Wildman–Crippen LogP) is 0.948. The lowest BCUT2D eigenvalue weighted by Gasteiger charge is -2.60. The molecule has 0 heterocycles. The van der Waals surface area contributed by atoms with E-state index in [4.69, 9.17) is 5.11 Å². The first kappa shape index (κ1) is 8.81. The number of aliphatic hydroxyl groups is 1. The van der Waals surface area contributed by atoms with Crippen LogP contribution in [-0.4, -0.2) is 27.9 Å². The van der Waals surface area contributed by atoms with E-state index in [1.165, 1.54) is 0 Å². The summed E-state index contributed by atoms with van der Waals surface area (Å²) in [5.41, 5.74) is -0.231. The number of rotatable bonds is 1. The molecule has 2 aliphatic carbocycles. The van der Waals surface area contributed by atoms with Crippen LogP contribution < -0.4 is 5.32 Å². The average molecular weight is 185 g/mol. The monoisotopic (exact) mass is 185 g/mol. The number of carboxylic acid groups (broad SMARTS) is 1. The summed E-state index contributed by atoms with van der Waals surface area (Å²) >= 11 is 0. The van der Waals surface area contributed by atoms with Crippen LogP contribution in [0, 0.1) is 5.41 Å². The van der Waals surface area contributed by atoms with Crippen molar-refractivity contribution < 1.29 is 15.0 Å². The summed E-state index contributed by atoms with van der Waals surface area (Å²) in [6.45, 7) is 1.84. The van der Waals surface area contributed by atoms with Crippen molar-refractivity contribution in [3.63, 3.8) is 0 Å². The zero-order valence-corrected chi connectivity index (χ0v) is 7.71. The van der Waals surface area contributed by atoms with Gasteiger partial charge in [-0.3, -0.25) is 0 Å². The third-order valence-corrected chi connectivity index (χ3v) is 3.20. The van der Waals surface area contributed by atoms with Crippen LogP contribution >= 0.6 is 0 Å². The van der Waals surface area contributed by atoms with E-state index in [9.17, 15) is 9.90 Å². The molecular weight excluding hydrogens is 170 g/mol. The van der Waals surface area contributed by atoms with Crippen LogP contribution in [0.15, 0.2) is 0 Å². The van der Waals surface area contributed by atoms with Crippen molar-refractivity contribution in [1.29, 1.82) is 0 Å². The average Bonchev–Trinajstić information content (AvgIpc) is 1.77. The van der Waals surface area contributed by atoms with Crippen LogP contribution in [-0.2, 0) is 0 Å². The van der Waals surface area contributed by atoms with Crippen LogP contribution in [0.3, 0.4) is 0 Å². The van der Waals surface area contributed by atoms with Gasteiger partial charge in [0.05, 0.1) is 5.60 Å². The molecule has 0 unspecified atom stereocenters. The number of hydrogen-bond acceptors (Lipinski definition) is 2. The van der Waals surface area contributed by atoms with E-state index in [0.29, 0.717) is 0 Å². The fraction of sp³-hybridized carbons (Fsp3) is 0.889. The predicted molar refractivity (Wildman–Crippen MR) is 46.5 cm³/mol. The Labute approximate surface area is 76.9 Å². The highest BCUT2D eigenvalue weighted by molar-refractivity contribution is 5.65. The van der Waals surface area contributed by atoms with E-state index in [0.717, 1.165) is 25.7 Å². The van der Waals surface area contributed by atoms with Crippen molar-refractivity contribution in [3.05, 3.63) is 0 Å². The smallest absolute Gasteiger partial charge is 0.404 e. The van der Waals surface area contributed by atoms with Gasteiger partial charge in [0.1, 0.15) is 0 Å². The standard InChI is InChI=1S/C9H15NO3/c1-8(13)4-9(5-8)2-6(3-9)10-7(11)12/h6,10,13H,2-5H2,1H3,(H,11,12). The number of hydrogen-bond donors (Lipinski definition) is 3. The van der Waals surface area contributed by atoms with Gasteiger partial charge in [-0.05, 0) is 38.0 Å². The van der Waals surface area contributed by atoms with Gasteiger partial charge in [-0.1, -0.05) is 0 Å². The molecule has 0 aromatic heterocycles. The summed E-state index contributed by atoms with van der Waals surface area (Å²) in [7, 11) is 0. The van der Waals surface area contributed by atoms with Crippen molar-refractivity contribution in [2.75, 3.05) is 0 Å². The summed E-state index contributed by atoms with van der Waals surface area (Å²) in [6, 6.07) is 0.119. The van der Waals surface area contributed by atoms with E-state index in [2.05, 4.69) is 5.32 Å². The molecule has 2 aliphatic rings. The second-order valence-electron chi connectivity index (χ2n) is 4.91. The molecule has 0 aromatic carbocycles. The molecule has 1 spiro atoms. The summed E-state index contributed by atoms with van der Waals surface area (Å²) in [4.78, 5) is 10.3. The lowest BCUT2D eigenvalue weighted by molar-refractivity contribution is -0.159. The SMILES string of the molecule is CC1(O)CC2(CC(NC(=O)O)C2)C1. The van der Waals surface area contributed by atoms with E-state index in [1.807, 2.05) is 6.92 Å². The summed E-state index contributed by atoms with van der Waals surface area (Å²) < 4.78 is 0. The van der Waals surface area contributed by atoms with E-state index < -0.39 is 11.7 Å². The van der Waals surface area contributed by atoms with E-state index in [1.54, 1.807) is 0 Å². The molecule has 0 aliphatic heterocycles. The Morgan fingerprint density at radius 2 is 2.00 bits per heavy atom. The van der Waals surface area contributed by atoms with Gasteiger partial charge in [0.25, 0.3) is 0 Å². The van der Waals surface area contributed by atoms with Crippen LogP contribution in [0.25, 0.3) is 0 Å². The molecule has 3 N–H and O–H groups in total. The summed E-state index contributed by atoms with van der Waals surface area (Å²) in [5.74, 6) is 0. The largest absolute Gasteiger partial charge is 0.465 e. The molecule has 0 atom stereocenters. The first-order chi connectivity index (χ1) is 5.91. The van der Waals surface area contributed by atoms with Gasteiger partial charge >= 0.3 is 6.09 Å². The Morgan fingerprint density at radius 3 is 2.38 bits per heavy atom. The third kappa shape index (κ3) is 1.50. The molecule has 1 amide bonds. The Kier molecular flexibility index (Phi) is 1.61. The molecule has 74 valence electrons.